The quantitative estimate of drug-likeness (QED) is 0.345. The molecule has 0 aromatic heterocycles. The molecule has 1 amide bonds. The minimum atomic E-state index is 0. The maximum Gasteiger partial charge on any atom is 0.253 e. The van der Waals surface area contributed by atoms with Crippen molar-refractivity contribution in [2.75, 3.05) is 39.1 Å². The molecule has 1 unspecified atom stereocenters. The Balaban J connectivity index is 0.00000320. The van der Waals surface area contributed by atoms with Gasteiger partial charge in [0.05, 0.1) is 0 Å². The third-order valence-electron chi connectivity index (χ3n) is 4.99. The van der Waals surface area contributed by atoms with Crippen LogP contribution in [0.4, 0.5) is 5.69 Å². The maximum absolute atomic E-state index is 12.0. The van der Waals surface area contributed by atoms with Crippen molar-refractivity contribution in [3.63, 3.8) is 0 Å². The van der Waals surface area contributed by atoms with Crippen molar-refractivity contribution >= 4 is 53.1 Å². The summed E-state index contributed by atoms with van der Waals surface area (Å²) in [5, 5.41) is 7.61. The summed E-state index contributed by atoms with van der Waals surface area (Å²) in [5.74, 6) is 0.781. The highest BCUT2D eigenvalue weighted by atomic mass is 127. The maximum atomic E-state index is 12.0. The second kappa shape index (κ2) is 11.4. The third kappa shape index (κ3) is 6.50. The Morgan fingerprint density at radius 1 is 1.23 bits per heavy atom. The normalized spacial score (nSPS) is 16.1. The van der Waals surface area contributed by atoms with Gasteiger partial charge in [0.25, 0.3) is 5.91 Å². The zero-order valence-corrected chi connectivity index (χ0v) is 20.6. The zero-order valence-electron chi connectivity index (χ0n) is 17.6. The fourth-order valence-corrected chi connectivity index (χ4v) is 3.57. The van der Waals surface area contributed by atoms with E-state index >= 15 is 0 Å². The number of hydrogen-bond acceptors (Lipinski definition) is 3. The van der Waals surface area contributed by atoms with Crippen LogP contribution in [0.2, 0.25) is 5.02 Å². The van der Waals surface area contributed by atoms with Crippen LogP contribution in [0.1, 0.15) is 22.3 Å². The number of carbonyl (C=O) groups is 1. The zero-order chi connectivity index (χ0) is 20.8. The van der Waals surface area contributed by atoms with Crippen molar-refractivity contribution in [3.8, 4) is 0 Å². The van der Waals surface area contributed by atoms with Crippen LogP contribution in [-0.2, 0) is 6.54 Å². The van der Waals surface area contributed by atoms with Crippen molar-refractivity contribution < 1.29 is 4.79 Å². The van der Waals surface area contributed by atoms with Crippen LogP contribution in [-0.4, -0.2) is 57.0 Å². The minimum Gasteiger partial charge on any atom is -0.369 e. The number of halogens is 2. The summed E-state index contributed by atoms with van der Waals surface area (Å²) in [6.45, 7) is 2.53. The van der Waals surface area contributed by atoms with E-state index in [1.54, 1.807) is 26.0 Å². The van der Waals surface area contributed by atoms with E-state index in [0.717, 1.165) is 41.7 Å². The van der Waals surface area contributed by atoms with E-state index in [9.17, 15) is 4.79 Å². The molecule has 1 aliphatic heterocycles. The van der Waals surface area contributed by atoms with Crippen molar-refractivity contribution in [1.82, 2.24) is 15.5 Å². The van der Waals surface area contributed by atoms with E-state index in [1.807, 2.05) is 42.5 Å². The van der Waals surface area contributed by atoms with Gasteiger partial charge in [-0.1, -0.05) is 29.8 Å². The Kier molecular flexibility index (Phi) is 9.23. The van der Waals surface area contributed by atoms with Gasteiger partial charge in [-0.3, -0.25) is 9.79 Å². The van der Waals surface area contributed by atoms with E-state index in [0.29, 0.717) is 18.2 Å². The molecule has 8 heteroatoms. The van der Waals surface area contributed by atoms with Gasteiger partial charge in [0.1, 0.15) is 0 Å². The summed E-state index contributed by atoms with van der Waals surface area (Å²) in [7, 11) is 5.28. The van der Waals surface area contributed by atoms with E-state index in [-0.39, 0.29) is 29.9 Å². The lowest BCUT2D eigenvalue weighted by atomic mass is 10.1. The molecule has 1 atom stereocenters. The highest BCUT2D eigenvalue weighted by Crippen LogP contribution is 2.23. The van der Waals surface area contributed by atoms with Crippen LogP contribution >= 0.6 is 35.6 Å². The SMILES string of the molecule is CN=C(NCc1ccc(C(=O)N(C)C)cc1)NC1CCN(c2cccc(Cl)c2)C1.I. The molecule has 0 spiro atoms. The van der Waals surface area contributed by atoms with E-state index in [1.165, 1.54) is 0 Å². The van der Waals surface area contributed by atoms with Crippen molar-refractivity contribution in [1.29, 1.82) is 0 Å². The number of amides is 1. The van der Waals surface area contributed by atoms with Gasteiger partial charge in [-0.2, -0.15) is 0 Å². The summed E-state index contributed by atoms with van der Waals surface area (Å²) in [6.07, 6.45) is 1.04. The van der Waals surface area contributed by atoms with Crippen molar-refractivity contribution in [2.45, 2.75) is 19.0 Å². The number of aliphatic imine (C=N–C) groups is 1. The number of anilines is 1. The largest absolute Gasteiger partial charge is 0.369 e. The Labute approximate surface area is 200 Å². The first-order valence-electron chi connectivity index (χ1n) is 9.74. The molecule has 2 aromatic rings. The Morgan fingerprint density at radius 2 is 1.97 bits per heavy atom. The molecule has 6 nitrogen and oxygen atoms in total. The van der Waals surface area contributed by atoms with Crippen molar-refractivity contribution in [3.05, 3.63) is 64.7 Å². The molecule has 1 saturated heterocycles. The van der Waals surface area contributed by atoms with E-state index < -0.39 is 0 Å². The second-order valence-electron chi connectivity index (χ2n) is 7.38. The highest BCUT2D eigenvalue weighted by Gasteiger charge is 2.23. The molecule has 3 rings (SSSR count). The van der Waals surface area contributed by atoms with Crippen molar-refractivity contribution in [2.24, 2.45) is 4.99 Å². The molecule has 0 bridgehead atoms. The number of nitrogens with one attached hydrogen (secondary N) is 2. The monoisotopic (exact) mass is 541 g/mol. The third-order valence-corrected chi connectivity index (χ3v) is 5.23. The predicted molar refractivity (Wildman–Crippen MR) is 135 cm³/mol. The fourth-order valence-electron chi connectivity index (χ4n) is 3.38. The molecule has 0 aliphatic carbocycles. The first-order chi connectivity index (χ1) is 14.0. The highest BCUT2D eigenvalue weighted by molar-refractivity contribution is 14.0. The average molecular weight is 542 g/mol. The van der Waals surface area contributed by atoms with Crippen LogP contribution in [0.15, 0.2) is 53.5 Å². The Hall–Kier alpha value is -2.00. The smallest absolute Gasteiger partial charge is 0.253 e. The lowest BCUT2D eigenvalue weighted by Crippen LogP contribution is -2.44. The van der Waals surface area contributed by atoms with Crippen LogP contribution in [0.5, 0.6) is 0 Å². The molecule has 2 aromatic carbocycles. The van der Waals surface area contributed by atoms with Gasteiger partial charge in [-0.15, -0.1) is 24.0 Å². The lowest BCUT2D eigenvalue weighted by molar-refractivity contribution is 0.0827. The molecular formula is C22H29ClIN5O. The molecule has 162 valence electrons. The van der Waals surface area contributed by atoms with Gasteiger partial charge < -0.3 is 20.4 Å². The Bertz CT molecular complexity index is 872. The molecular weight excluding hydrogens is 513 g/mol. The molecule has 1 fully saturated rings. The lowest BCUT2D eigenvalue weighted by Gasteiger charge is -2.20. The van der Waals surface area contributed by atoms with Gasteiger partial charge in [0, 0.05) is 63.1 Å². The summed E-state index contributed by atoms with van der Waals surface area (Å²) in [5.41, 5.74) is 2.93. The minimum absolute atomic E-state index is 0. The first-order valence-corrected chi connectivity index (χ1v) is 10.1. The number of nitrogens with zero attached hydrogens (tertiary/aromatic N) is 3. The molecule has 0 saturated carbocycles. The topological polar surface area (TPSA) is 60.0 Å². The first kappa shape index (κ1) is 24.3. The second-order valence-corrected chi connectivity index (χ2v) is 7.81. The average Bonchev–Trinajstić information content (AvgIpc) is 3.19. The number of rotatable bonds is 5. The summed E-state index contributed by atoms with van der Waals surface area (Å²) >= 11 is 6.12. The Morgan fingerprint density at radius 3 is 2.60 bits per heavy atom. The van der Waals surface area contributed by atoms with Crippen LogP contribution in [0, 0.1) is 0 Å². The number of guanidine groups is 1. The van der Waals surface area contributed by atoms with E-state index in [4.69, 9.17) is 11.6 Å². The molecule has 2 N–H and O–H groups in total. The number of carbonyl (C=O) groups excluding carboxylic acids is 1. The van der Waals surface area contributed by atoms with Gasteiger partial charge in [0.2, 0.25) is 0 Å². The molecule has 30 heavy (non-hydrogen) atoms. The van der Waals surface area contributed by atoms with Gasteiger partial charge in [-0.05, 0) is 42.3 Å². The number of benzene rings is 2. The fraction of sp³-hybridized carbons (Fsp3) is 0.364. The van der Waals surface area contributed by atoms with Gasteiger partial charge in [-0.25, -0.2) is 0 Å². The van der Waals surface area contributed by atoms with Crippen LogP contribution < -0.4 is 15.5 Å². The van der Waals surface area contributed by atoms with Gasteiger partial charge in [0.15, 0.2) is 5.96 Å². The van der Waals surface area contributed by atoms with Crippen LogP contribution in [0.3, 0.4) is 0 Å². The predicted octanol–water partition coefficient (Wildman–Crippen LogP) is 3.60. The van der Waals surface area contributed by atoms with Crippen LogP contribution in [0.25, 0.3) is 0 Å². The molecule has 0 radical (unpaired) electrons. The van der Waals surface area contributed by atoms with E-state index in [2.05, 4.69) is 26.6 Å². The standard InChI is InChI=1S/C22H28ClN5O.HI/c1-24-22(25-14-16-7-9-17(10-8-16)21(29)27(2)3)26-19-11-12-28(15-19)20-6-4-5-18(23)13-20;/h4-10,13,19H,11-12,14-15H2,1-3H3,(H2,24,25,26);1H. The van der Waals surface area contributed by atoms with Gasteiger partial charge >= 0.3 is 0 Å². The molecule has 1 aliphatic rings. The summed E-state index contributed by atoms with van der Waals surface area (Å²) in [4.78, 5) is 20.2. The number of hydrogen-bond donors (Lipinski definition) is 2. The summed E-state index contributed by atoms with van der Waals surface area (Å²) < 4.78 is 0. The molecule has 1 heterocycles. The summed E-state index contributed by atoms with van der Waals surface area (Å²) in [6, 6.07) is 15.9.